The Morgan fingerprint density at radius 3 is 2.06 bits per heavy atom. The van der Waals surface area contributed by atoms with Crippen molar-refractivity contribution in [2.75, 3.05) is 0 Å². The summed E-state index contributed by atoms with van der Waals surface area (Å²) >= 11 is 0. The Bertz CT molecular complexity index is 594. The first-order chi connectivity index (χ1) is 8.81. The van der Waals surface area contributed by atoms with E-state index in [2.05, 4.69) is 4.99 Å². The molecule has 2 aromatic carbocycles. The monoisotopic (exact) mass is 235 g/mol. The number of hydrogen-bond donors (Lipinski definition) is 0. The lowest BCUT2D eigenvalue weighted by molar-refractivity contribution is 0.568. The van der Waals surface area contributed by atoms with Gasteiger partial charge in [-0.05, 0) is 19.1 Å². The molecule has 18 heavy (non-hydrogen) atoms. The zero-order chi connectivity index (χ0) is 12.8. The van der Waals surface area contributed by atoms with Crippen LogP contribution in [-0.2, 0) is 4.79 Å². The van der Waals surface area contributed by atoms with Crippen molar-refractivity contribution >= 4 is 17.3 Å². The van der Waals surface area contributed by atoms with Gasteiger partial charge in [0.15, 0.2) is 0 Å². The minimum atomic E-state index is 0.505. The van der Waals surface area contributed by atoms with Crippen molar-refractivity contribution in [1.29, 1.82) is 0 Å². The molecule has 0 N–H and O–H groups in total. The average molecular weight is 235 g/mol. The maximum Gasteiger partial charge on any atom is 0.129 e. The molecule has 0 spiro atoms. The maximum atomic E-state index is 10.9. The van der Waals surface area contributed by atoms with E-state index in [4.69, 9.17) is 0 Å². The molecule has 0 heterocycles. The fraction of sp³-hybridized carbons (Fsp3) is 0.0625. The number of para-hydroxylation sites is 1. The molecule has 0 aliphatic carbocycles. The highest BCUT2D eigenvalue weighted by Gasteiger charge is 2.06. The molecular weight excluding hydrogens is 222 g/mol. The molecule has 0 atom stereocenters. The molecule has 0 fully saturated rings. The Morgan fingerprint density at radius 2 is 1.50 bits per heavy atom. The van der Waals surface area contributed by atoms with Gasteiger partial charge in [-0.3, -0.25) is 0 Å². The van der Waals surface area contributed by atoms with Crippen LogP contribution in [0.15, 0.2) is 71.2 Å². The number of allylic oxidation sites excluding steroid dienone is 1. The van der Waals surface area contributed by atoms with Gasteiger partial charge in [-0.1, -0.05) is 48.5 Å². The first-order valence-electron chi connectivity index (χ1n) is 5.72. The first kappa shape index (κ1) is 12.0. The smallest absolute Gasteiger partial charge is 0.129 e. The van der Waals surface area contributed by atoms with Crippen molar-refractivity contribution in [2.24, 2.45) is 4.99 Å². The van der Waals surface area contributed by atoms with Crippen LogP contribution < -0.4 is 0 Å². The quantitative estimate of drug-likeness (QED) is 0.590. The van der Waals surface area contributed by atoms with Crippen molar-refractivity contribution in [3.05, 3.63) is 71.8 Å². The SMILES string of the molecule is CC(=C=O)C(=Nc1ccccc1)c1ccccc1. The van der Waals surface area contributed by atoms with Crippen molar-refractivity contribution in [1.82, 2.24) is 0 Å². The van der Waals surface area contributed by atoms with Crippen LogP contribution in [0.2, 0.25) is 0 Å². The second-order valence-electron chi connectivity index (χ2n) is 3.89. The highest BCUT2D eigenvalue weighted by atomic mass is 16.1. The molecule has 0 saturated carbocycles. The summed E-state index contributed by atoms with van der Waals surface area (Å²) in [6.07, 6.45) is 0. The number of carbonyl (C=O) groups excluding carboxylic acids is 1. The summed E-state index contributed by atoms with van der Waals surface area (Å²) < 4.78 is 0. The lowest BCUT2D eigenvalue weighted by Crippen LogP contribution is -2.02. The molecular formula is C16H13NO. The van der Waals surface area contributed by atoms with Gasteiger partial charge in [0.1, 0.15) is 5.94 Å². The van der Waals surface area contributed by atoms with Crippen molar-refractivity contribution in [2.45, 2.75) is 6.92 Å². The second kappa shape index (κ2) is 5.76. The molecule has 0 saturated heterocycles. The fourth-order valence-corrected chi connectivity index (χ4v) is 1.64. The van der Waals surface area contributed by atoms with E-state index in [1.807, 2.05) is 66.6 Å². The molecule has 0 aromatic heterocycles. The third-order valence-electron chi connectivity index (χ3n) is 2.55. The van der Waals surface area contributed by atoms with E-state index < -0.39 is 0 Å². The van der Waals surface area contributed by atoms with Crippen LogP contribution in [0.5, 0.6) is 0 Å². The number of rotatable bonds is 3. The summed E-state index contributed by atoms with van der Waals surface area (Å²) in [5.41, 5.74) is 2.91. The Balaban J connectivity index is 2.51. The summed E-state index contributed by atoms with van der Waals surface area (Å²) in [4.78, 5) is 15.4. The molecule has 0 unspecified atom stereocenters. The third-order valence-corrected chi connectivity index (χ3v) is 2.55. The van der Waals surface area contributed by atoms with Gasteiger partial charge in [0, 0.05) is 5.56 Å². The van der Waals surface area contributed by atoms with Crippen LogP contribution in [0, 0.1) is 0 Å². The van der Waals surface area contributed by atoms with Gasteiger partial charge in [0.25, 0.3) is 0 Å². The van der Waals surface area contributed by atoms with Crippen LogP contribution in [0.3, 0.4) is 0 Å². The predicted octanol–water partition coefficient (Wildman–Crippen LogP) is 3.59. The van der Waals surface area contributed by atoms with Gasteiger partial charge >= 0.3 is 0 Å². The predicted molar refractivity (Wildman–Crippen MR) is 74.0 cm³/mol. The topological polar surface area (TPSA) is 29.4 Å². The fourth-order valence-electron chi connectivity index (χ4n) is 1.64. The van der Waals surface area contributed by atoms with Crippen molar-refractivity contribution < 1.29 is 4.79 Å². The van der Waals surface area contributed by atoms with Crippen molar-refractivity contribution in [3.8, 4) is 0 Å². The maximum absolute atomic E-state index is 10.9. The van der Waals surface area contributed by atoms with E-state index in [0.29, 0.717) is 11.3 Å². The normalized spacial score (nSPS) is 10.8. The molecule has 2 nitrogen and oxygen atoms in total. The summed E-state index contributed by atoms with van der Waals surface area (Å²) in [6, 6.07) is 19.2. The average Bonchev–Trinajstić information content (AvgIpc) is 2.46. The second-order valence-corrected chi connectivity index (χ2v) is 3.89. The molecule has 2 aromatic rings. The number of benzene rings is 2. The highest BCUT2D eigenvalue weighted by molar-refractivity contribution is 6.17. The van der Waals surface area contributed by atoms with E-state index >= 15 is 0 Å². The molecule has 0 aliphatic heterocycles. The van der Waals surface area contributed by atoms with Gasteiger partial charge in [-0.2, -0.15) is 0 Å². The summed E-state index contributed by atoms with van der Waals surface area (Å²) in [7, 11) is 0. The minimum absolute atomic E-state index is 0.505. The van der Waals surface area contributed by atoms with Crippen LogP contribution in [0.4, 0.5) is 5.69 Å². The highest BCUT2D eigenvalue weighted by Crippen LogP contribution is 2.16. The lowest BCUT2D eigenvalue weighted by atomic mass is 10.0. The number of aliphatic imine (C=N–C) groups is 1. The largest absolute Gasteiger partial charge is 0.247 e. The van der Waals surface area contributed by atoms with E-state index in [0.717, 1.165) is 11.3 Å². The van der Waals surface area contributed by atoms with Crippen LogP contribution in [0.1, 0.15) is 12.5 Å². The van der Waals surface area contributed by atoms with Crippen molar-refractivity contribution in [3.63, 3.8) is 0 Å². The zero-order valence-electron chi connectivity index (χ0n) is 10.1. The van der Waals surface area contributed by atoms with E-state index in [1.54, 1.807) is 6.92 Å². The molecule has 0 radical (unpaired) electrons. The standard InChI is InChI=1S/C16H13NO/c1-13(12-18)16(14-8-4-2-5-9-14)17-15-10-6-3-7-11-15/h2-11H,1H3. The van der Waals surface area contributed by atoms with Crippen LogP contribution in [0.25, 0.3) is 0 Å². The Kier molecular flexibility index (Phi) is 3.85. The summed E-state index contributed by atoms with van der Waals surface area (Å²) in [6.45, 7) is 1.72. The Labute approximate surface area is 106 Å². The molecule has 0 amide bonds. The first-order valence-corrected chi connectivity index (χ1v) is 5.72. The van der Waals surface area contributed by atoms with Gasteiger partial charge in [0.2, 0.25) is 0 Å². The van der Waals surface area contributed by atoms with Crippen LogP contribution in [-0.4, -0.2) is 11.7 Å². The van der Waals surface area contributed by atoms with Gasteiger partial charge < -0.3 is 0 Å². The molecule has 0 bridgehead atoms. The Morgan fingerprint density at radius 1 is 0.944 bits per heavy atom. The number of nitrogens with zero attached hydrogens (tertiary/aromatic N) is 1. The van der Waals surface area contributed by atoms with Crippen LogP contribution >= 0.6 is 0 Å². The van der Waals surface area contributed by atoms with Gasteiger partial charge in [0.05, 0.1) is 17.0 Å². The minimum Gasteiger partial charge on any atom is -0.247 e. The molecule has 0 aliphatic rings. The van der Waals surface area contributed by atoms with E-state index in [1.165, 1.54) is 0 Å². The molecule has 88 valence electrons. The number of hydrogen-bond acceptors (Lipinski definition) is 2. The van der Waals surface area contributed by atoms with E-state index in [-0.39, 0.29) is 0 Å². The van der Waals surface area contributed by atoms with E-state index in [9.17, 15) is 4.79 Å². The Hall–Kier alpha value is -2.44. The summed E-state index contributed by atoms with van der Waals surface area (Å²) in [5, 5.41) is 0. The lowest BCUT2D eigenvalue weighted by Gasteiger charge is -2.04. The van der Waals surface area contributed by atoms with Gasteiger partial charge in [-0.15, -0.1) is 0 Å². The summed E-state index contributed by atoms with van der Waals surface area (Å²) in [5.74, 6) is 1.92. The zero-order valence-corrected chi connectivity index (χ0v) is 10.1. The molecule has 2 rings (SSSR count). The van der Waals surface area contributed by atoms with Gasteiger partial charge in [-0.25, -0.2) is 9.79 Å². The third kappa shape index (κ3) is 2.82. The molecule has 2 heteroatoms.